The van der Waals surface area contributed by atoms with Crippen molar-refractivity contribution >= 4 is 34.8 Å². The van der Waals surface area contributed by atoms with Gasteiger partial charge < -0.3 is 14.8 Å². The number of nitrogens with zero attached hydrogens (tertiary/aromatic N) is 4. The topological polar surface area (TPSA) is 91.2 Å². The number of hydrogen-bond acceptors (Lipinski definition) is 6. The fourth-order valence-electron chi connectivity index (χ4n) is 2.81. The van der Waals surface area contributed by atoms with Crippen LogP contribution in [0.3, 0.4) is 0 Å². The van der Waals surface area contributed by atoms with E-state index in [1.54, 1.807) is 55.5 Å². The molecule has 0 atom stereocenters. The molecule has 11 heteroatoms. The first-order valence-electron chi connectivity index (χ1n) is 9.59. The van der Waals surface area contributed by atoms with E-state index in [0.29, 0.717) is 33.1 Å². The van der Waals surface area contributed by atoms with E-state index in [9.17, 15) is 9.18 Å². The van der Waals surface area contributed by atoms with Crippen molar-refractivity contribution in [2.75, 3.05) is 5.32 Å². The quantitative estimate of drug-likeness (QED) is 0.375. The Morgan fingerprint density at radius 1 is 0.970 bits per heavy atom. The molecule has 4 rings (SSSR count). The van der Waals surface area contributed by atoms with Crippen molar-refractivity contribution in [1.29, 1.82) is 0 Å². The van der Waals surface area contributed by atoms with Crippen LogP contribution in [0.2, 0.25) is 10.0 Å². The van der Waals surface area contributed by atoms with Gasteiger partial charge in [0.15, 0.2) is 5.82 Å². The highest BCUT2D eigenvalue weighted by Crippen LogP contribution is 2.23. The number of carbonyl (C=O) groups excluding carboxylic acids is 1. The van der Waals surface area contributed by atoms with Crippen LogP contribution in [-0.2, 0) is 4.79 Å². The maximum absolute atomic E-state index is 14.5. The molecule has 0 bridgehead atoms. The van der Waals surface area contributed by atoms with E-state index in [2.05, 4.69) is 20.8 Å². The van der Waals surface area contributed by atoms with Crippen molar-refractivity contribution in [3.05, 3.63) is 88.4 Å². The lowest BCUT2D eigenvalue weighted by molar-refractivity contribution is -0.134. The van der Waals surface area contributed by atoms with E-state index in [0.717, 1.165) is 0 Å². The fourth-order valence-corrected chi connectivity index (χ4v) is 3.06. The molecule has 1 aromatic heterocycles. The van der Waals surface area contributed by atoms with Gasteiger partial charge in [-0.15, -0.1) is 5.10 Å². The SMILES string of the molecule is Cc1nnnn1-c1ccc(F)c(NC(=O)C(Oc2ccc(Cl)cc2)Oc2ccc(Cl)cc2)c1. The second-order valence-electron chi connectivity index (χ2n) is 6.77. The van der Waals surface area contributed by atoms with E-state index in [4.69, 9.17) is 32.7 Å². The molecule has 1 heterocycles. The van der Waals surface area contributed by atoms with Crippen LogP contribution >= 0.6 is 23.2 Å². The Morgan fingerprint density at radius 3 is 2.06 bits per heavy atom. The number of carbonyl (C=O) groups is 1. The van der Waals surface area contributed by atoms with Crippen LogP contribution < -0.4 is 14.8 Å². The van der Waals surface area contributed by atoms with Crippen LogP contribution in [0.15, 0.2) is 66.7 Å². The molecule has 168 valence electrons. The van der Waals surface area contributed by atoms with Crippen LogP contribution in [0.25, 0.3) is 5.69 Å². The third-order valence-electron chi connectivity index (χ3n) is 4.41. The maximum atomic E-state index is 14.5. The molecule has 0 radical (unpaired) electrons. The summed E-state index contributed by atoms with van der Waals surface area (Å²) >= 11 is 11.8. The fraction of sp³-hybridized carbons (Fsp3) is 0.0909. The predicted molar refractivity (Wildman–Crippen MR) is 120 cm³/mol. The lowest BCUT2D eigenvalue weighted by Crippen LogP contribution is -2.38. The number of aryl methyl sites for hydroxylation is 1. The number of benzene rings is 3. The molecule has 0 aliphatic carbocycles. The third-order valence-corrected chi connectivity index (χ3v) is 4.91. The van der Waals surface area contributed by atoms with Gasteiger partial charge in [-0.05, 0) is 84.1 Å². The summed E-state index contributed by atoms with van der Waals surface area (Å²) in [6, 6.07) is 16.8. The number of hydrogen-bond donors (Lipinski definition) is 1. The summed E-state index contributed by atoms with van der Waals surface area (Å²) in [5, 5.41) is 14.7. The van der Waals surface area contributed by atoms with Crippen molar-refractivity contribution in [1.82, 2.24) is 20.2 Å². The normalized spacial score (nSPS) is 10.8. The van der Waals surface area contributed by atoms with E-state index in [1.807, 2.05) is 0 Å². The van der Waals surface area contributed by atoms with Gasteiger partial charge in [0.1, 0.15) is 17.3 Å². The first kappa shape index (κ1) is 22.5. The molecule has 0 saturated heterocycles. The molecule has 3 aromatic carbocycles. The highest BCUT2D eigenvalue weighted by atomic mass is 35.5. The number of rotatable bonds is 7. The van der Waals surface area contributed by atoms with Crippen molar-refractivity contribution in [2.45, 2.75) is 13.2 Å². The molecule has 8 nitrogen and oxygen atoms in total. The van der Waals surface area contributed by atoms with Crippen LogP contribution in [0.4, 0.5) is 10.1 Å². The molecule has 1 amide bonds. The minimum absolute atomic E-state index is 0.100. The molecule has 0 aliphatic heterocycles. The number of nitrogens with one attached hydrogen (secondary N) is 1. The smallest absolute Gasteiger partial charge is 0.321 e. The van der Waals surface area contributed by atoms with Crippen LogP contribution in [0.1, 0.15) is 5.82 Å². The Bertz CT molecular complexity index is 1220. The Labute approximate surface area is 197 Å². The summed E-state index contributed by atoms with van der Waals surface area (Å²) in [6.45, 7) is 1.69. The summed E-state index contributed by atoms with van der Waals surface area (Å²) in [5.41, 5.74) is 0.361. The van der Waals surface area contributed by atoms with Crippen LogP contribution in [0.5, 0.6) is 11.5 Å². The van der Waals surface area contributed by atoms with Crippen molar-refractivity contribution < 1.29 is 18.7 Å². The second-order valence-corrected chi connectivity index (χ2v) is 7.64. The Kier molecular flexibility index (Phi) is 6.71. The number of amides is 1. The molecule has 0 unspecified atom stereocenters. The Morgan fingerprint density at radius 2 is 1.55 bits per heavy atom. The van der Waals surface area contributed by atoms with Crippen molar-refractivity contribution in [3.63, 3.8) is 0 Å². The predicted octanol–water partition coefficient (Wildman–Crippen LogP) is 4.84. The molecule has 33 heavy (non-hydrogen) atoms. The molecule has 0 fully saturated rings. The summed E-state index contributed by atoms with van der Waals surface area (Å²) < 4.78 is 27.3. The zero-order valence-corrected chi connectivity index (χ0v) is 18.6. The Balaban J connectivity index is 1.59. The van der Waals surface area contributed by atoms with Gasteiger partial charge in [-0.1, -0.05) is 23.2 Å². The lowest BCUT2D eigenvalue weighted by Gasteiger charge is -2.20. The highest BCUT2D eigenvalue weighted by Gasteiger charge is 2.24. The molecule has 0 saturated carbocycles. The number of halogens is 3. The van der Waals surface area contributed by atoms with Gasteiger partial charge >= 0.3 is 12.2 Å². The van der Waals surface area contributed by atoms with Gasteiger partial charge in [0.2, 0.25) is 0 Å². The third kappa shape index (κ3) is 5.57. The van der Waals surface area contributed by atoms with Gasteiger partial charge in [0.05, 0.1) is 11.4 Å². The first-order valence-corrected chi connectivity index (χ1v) is 10.3. The first-order chi connectivity index (χ1) is 15.9. The van der Waals surface area contributed by atoms with E-state index in [1.165, 1.54) is 22.9 Å². The highest BCUT2D eigenvalue weighted by molar-refractivity contribution is 6.30. The zero-order chi connectivity index (χ0) is 23.4. The Hall–Kier alpha value is -3.69. The zero-order valence-electron chi connectivity index (χ0n) is 17.1. The van der Waals surface area contributed by atoms with Crippen LogP contribution in [0, 0.1) is 12.7 Å². The van der Waals surface area contributed by atoms with Gasteiger partial charge in [-0.25, -0.2) is 4.39 Å². The van der Waals surface area contributed by atoms with E-state index >= 15 is 0 Å². The van der Waals surface area contributed by atoms with Gasteiger partial charge in [-0.3, -0.25) is 4.79 Å². The number of anilines is 1. The average molecular weight is 488 g/mol. The van der Waals surface area contributed by atoms with Gasteiger partial charge in [-0.2, -0.15) is 4.68 Å². The molecular weight excluding hydrogens is 472 g/mol. The molecule has 4 aromatic rings. The number of tetrazole rings is 1. The molecule has 0 aliphatic rings. The minimum Gasteiger partial charge on any atom is -0.446 e. The standard InChI is InChI=1S/C22H16Cl2FN5O3/c1-13-27-28-29-30(13)16-6-11-19(25)20(12-16)26-21(31)22(32-17-7-2-14(23)3-8-17)33-18-9-4-15(24)5-10-18/h2-12,22H,1H3,(H,26,31). The molecular formula is C22H16Cl2FN5O3. The minimum atomic E-state index is -1.45. The van der Waals surface area contributed by atoms with E-state index < -0.39 is 18.0 Å². The summed E-state index contributed by atoms with van der Waals surface area (Å²) in [7, 11) is 0. The average Bonchev–Trinajstić information content (AvgIpc) is 3.23. The maximum Gasteiger partial charge on any atom is 0.321 e. The monoisotopic (exact) mass is 487 g/mol. The molecule has 1 N–H and O–H groups in total. The summed E-state index contributed by atoms with van der Waals surface area (Å²) in [4.78, 5) is 13.0. The van der Waals surface area contributed by atoms with Gasteiger partial charge in [0.25, 0.3) is 0 Å². The summed E-state index contributed by atoms with van der Waals surface area (Å²) in [6.07, 6.45) is -1.45. The van der Waals surface area contributed by atoms with Gasteiger partial charge in [0, 0.05) is 10.0 Å². The molecule has 0 spiro atoms. The second kappa shape index (κ2) is 9.85. The summed E-state index contributed by atoms with van der Waals surface area (Å²) in [5.74, 6) is -0.257. The number of aromatic nitrogens is 4. The van der Waals surface area contributed by atoms with Crippen LogP contribution in [-0.4, -0.2) is 32.4 Å². The lowest BCUT2D eigenvalue weighted by atomic mass is 10.2. The van der Waals surface area contributed by atoms with Crippen molar-refractivity contribution in [2.24, 2.45) is 0 Å². The number of ether oxygens (including phenoxy) is 2. The van der Waals surface area contributed by atoms with Crippen molar-refractivity contribution in [3.8, 4) is 17.2 Å². The largest absolute Gasteiger partial charge is 0.446 e. The van der Waals surface area contributed by atoms with E-state index in [-0.39, 0.29) is 5.69 Å².